The van der Waals surface area contributed by atoms with E-state index in [1.165, 1.54) is 0 Å². The van der Waals surface area contributed by atoms with Crippen LogP contribution in [0.1, 0.15) is 5.56 Å². The van der Waals surface area contributed by atoms with Crippen molar-refractivity contribution in [2.24, 2.45) is 0 Å². The van der Waals surface area contributed by atoms with E-state index in [0.717, 1.165) is 11.3 Å². The van der Waals surface area contributed by atoms with Crippen LogP contribution < -0.4 is 10.9 Å². The molecule has 0 aliphatic heterocycles. The average molecular weight is 466 g/mol. The third kappa shape index (κ3) is 4.84. The number of amides is 1. The molecule has 0 aromatic heterocycles. The molecule has 3 nitrogen and oxygen atoms in total. The Morgan fingerprint density at radius 3 is 2.07 bits per heavy atom. The molecule has 0 radical (unpaired) electrons. The van der Waals surface area contributed by atoms with Crippen LogP contribution in [0.25, 0.3) is 0 Å². The van der Waals surface area contributed by atoms with E-state index in [9.17, 15) is 4.79 Å². The lowest BCUT2D eigenvalue weighted by molar-refractivity contribution is 0.263. The zero-order valence-corrected chi connectivity index (χ0v) is 13.6. The monoisotopic (exact) mass is 462 g/mol. The molecule has 1 rings (SSSR count). The molecule has 15 heavy (non-hydrogen) atoms. The first-order valence-electron chi connectivity index (χ1n) is 3.78. The molecular weight excluding hydrogens is 460 g/mol. The second-order valence-electron chi connectivity index (χ2n) is 2.60. The fourth-order valence-corrected chi connectivity index (χ4v) is 1.76. The Morgan fingerprint density at radius 1 is 1.13 bits per heavy atom. The quantitative estimate of drug-likeness (QED) is 0.294. The highest BCUT2D eigenvalue weighted by Crippen LogP contribution is 2.44. The predicted molar refractivity (Wildman–Crippen MR) is 76.0 cm³/mol. The van der Waals surface area contributed by atoms with Crippen LogP contribution in [0.2, 0.25) is 0 Å². The average Bonchev–Trinajstić information content (AvgIpc) is 2.14. The molecule has 0 aliphatic rings. The molecule has 7 heteroatoms. The van der Waals surface area contributed by atoms with E-state index < -0.39 is 2.14 Å². The molecular formula is C8H6Br4N2O. The minimum atomic E-state index is -0.412. The second-order valence-corrected chi connectivity index (χ2v) is 10.1. The van der Waals surface area contributed by atoms with E-state index in [2.05, 4.69) is 74.6 Å². The van der Waals surface area contributed by atoms with E-state index in [1.807, 2.05) is 24.3 Å². The molecule has 0 bridgehead atoms. The van der Waals surface area contributed by atoms with Crippen molar-refractivity contribution in [2.45, 2.75) is 2.14 Å². The van der Waals surface area contributed by atoms with Crippen molar-refractivity contribution in [3.8, 4) is 0 Å². The maximum atomic E-state index is 10.6. The number of carbonyl (C=O) groups is 1. The number of hydrazine groups is 1. The van der Waals surface area contributed by atoms with Gasteiger partial charge < -0.3 is 0 Å². The Labute approximate surface area is 121 Å². The van der Waals surface area contributed by atoms with Gasteiger partial charge in [0.25, 0.3) is 0 Å². The fourth-order valence-electron chi connectivity index (χ4n) is 0.864. The number of benzene rings is 1. The van der Waals surface area contributed by atoms with Gasteiger partial charge in [-0.25, -0.2) is 0 Å². The fraction of sp³-hybridized carbons (Fsp3) is 0.125. The van der Waals surface area contributed by atoms with Crippen LogP contribution in [0.5, 0.6) is 0 Å². The van der Waals surface area contributed by atoms with Gasteiger partial charge in [-0.2, -0.15) is 0 Å². The summed E-state index contributed by atoms with van der Waals surface area (Å²) in [5.74, 6) is 0. The summed E-state index contributed by atoms with van der Waals surface area (Å²) in [4.78, 5) is 10.2. The van der Waals surface area contributed by atoms with Crippen LogP contribution in [-0.4, -0.2) is 4.82 Å². The first kappa shape index (κ1) is 13.5. The predicted octanol–water partition coefficient (Wildman–Crippen LogP) is 4.41. The summed E-state index contributed by atoms with van der Waals surface area (Å²) in [6, 6.07) is 7.50. The summed E-state index contributed by atoms with van der Waals surface area (Å²) in [5.41, 5.74) is 6.95. The van der Waals surface area contributed by atoms with E-state index >= 15 is 0 Å². The van der Waals surface area contributed by atoms with Crippen molar-refractivity contribution in [3.05, 3.63) is 29.8 Å². The van der Waals surface area contributed by atoms with Gasteiger partial charge in [-0.1, -0.05) is 59.9 Å². The Bertz CT molecular complexity index is 347. The number of hydrogen-bond donors (Lipinski definition) is 2. The summed E-state index contributed by atoms with van der Waals surface area (Å²) in [7, 11) is 0. The number of rotatable bonds is 2. The molecule has 82 valence electrons. The maximum absolute atomic E-state index is 10.6. The molecule has 2 N–H and O–H groups in total. The number of alkyl halides is 3. The Kier molecular flexibility index (Phi) is 5.08. The molecule has 0 fully saturated rings. The third-order valence-electron chi connectivity index (χ3n) is 1.52. The standard InChI is InChI=1S/C8H6Br4N2O/c9-7(15)14-13-6-3-1-5(2-4-6)8(10,11)12/h1-4,13H,(H,14,15). The lowest BCUT2D eigenvalue weighted by atomic mass is 10.2. The molecule has 0 saturated heterocycles. The van der Waals surface area contributed by atoms with Crippen molar-refractivity contribution in [1.29, 1.82) is 0 Å². The van der Waals surface area contributed by atoms with Crippen molar-refractivity contribution in [2.75, 3.05) is 5.43 Å². The molecule has 0 saturated carbocycles. The maximum Gasteiger partial charge on any atom is 0.305 e. The molecule has 0 heterocycles. The van der Waals surface area contributed by atoms with Crippen LogP contribution in [0.4, 0.5) is 10.5 Å². The minimum Gasteiger partial charge on any atom is -0.298 e. The second kappa shape index (κ2) is 5.65. The largest absolute Gasteiger partial charge is 0.305 e. The first-order chi connectivity index (χ1) is 6.89. The Morgan fingerprint density at radius 2 is 1.67 bits per heavy atom. The highest BCUT2D eigenvalue weighted by molar-refractivity contribution is 9.38. The lowest BCUT2D eigenvalue weighted by Crippen LogP contribution is -2.23. The van der Waals surface area contributed by atoms with Gasteiger partial charge in [-0.3, -0.25) is 15.6 Å². The summed E-state index contributed by atoms with van der Waals surface area (Å²) < 4.78 is -0.412. The van der Waals surface area contributed by atoms with Crippen LogP contribution in [0, 0.1) is 0 Å². The Balaban J connectivity index is 2.69. The SMILES string of the molecule is O=C(Br)NNc1ccc(C(Br)(Br)Br)cc1. The first-order valence-corrected chi connectivity index (χ1v) is 6.95. The summed E-state index contributed by atoms with van der Waals surface area (Å²) in [6.45, 7) is 0. The van der Waals surface area contributed by atoms with Crippen LogP contribution in [-0.2, 0) is 2.14 Å². The number of halogens is 4. The van der Waals surface area contributed by atoms with Gasteiger partial charge in [-0.05, 0) is 17.7 Å². The van der Waals surface area contributed by atoms with Gasteiger partial charge in [0.1, 0.15) is 0 Å². The zero-order chi connectivity index (χ0) is 11.5. The van der Waals surface area contributed by atoms with Crippen LogP contribution >= 0.6 is 63.7 Å². The van der Waals surface area contributed by atoms with Gasteiger partial charge in [0.2, 0.25) is 0 Å². The summed E-state index contributed by atoms with van der Waals surface area (Å²) in [6.07, 6.45) is 0. The molecule has 0 unspecified atom stereocenters. The van der Waals surface area contributed by atoms with E-state index in [0.29, 0.717) is 0 Å². The topological polar surface area (TPSA) is 41.1 Å². The molecule has 1 aromatic rings. The van der Waals surface area contributed by atoms with Gasteiger partial charge in [0.15, 0.2) is 2.14 Å². The third-order valence-corrected chi connectivity index (χ3v) is 3.09. The highest BCUT2D eigenvalue weighted by atomic mass is 80.0. The van der Waals surface area contributed by atoms with Crippen molar-refractivity contribution in [3.63, 3.8) is 0 Å². The van der Waals surface area contributed by atoms with Gasteiger partial charge in [0, 0.05) is 15.9 Å². The highest BCUT2D eigenvalue weighted by Gasteiger charge is 2.19. The molecule has 0 atom stereocenters. The minimum absolute atomic E-state index is 0.317. The molecule has 1 amide bonds. The zero-order valence-electron chi connectivity index (χ0n) is 7.23. The number of nitrogens with one attached hydrogen (secondary N) is 2. The molecule has 0 aliphatic carbocycles. The number of hydrogen-bond acceptors (Lipinski definition) is 2. The van der Waals surface area contributed by atoms with Crippen molar-refractivity contribution in [1.82, 2.24) is 5.43 Å². The summed E-state index contributed by atoms with van der Waals surface area (Å²) in [5, 5.41) is 0. The molecule has 1 aromatic carbocycles. The van der Waals surface area contributed by atoms with E-state index in [1.54, 1.807) is 0 Å². The number of anilines is 1. The normalized spacial score (nSPS) is 10.9. The van der Waals surface area contributed by atoms with Crippen LogP contribution in [0.15, 0.2) is 24.3 Å². The van der Waals surface area contributed by atoms with E-state index in [-0.39, 0.29) is 4.82 Å². The van der Waals surface area contributed by atoms with Crippen molar-refractivity contribution >= 4 is 74.2 Å². The lowest BCUT2D eigenvalue weighted by Gasteiger charge is -2.13. The van der Waals surface area contributed by atoms with E-state index in [4.69, 9.17) is 0 Å². The van der Waals surface area contributed by atoms with Crippen LogP contribution in [0.3, 0.4) is 0 Å². The van der Waals surface area contributed by atoms with Gasteiger partial charge in [-0.15, -0.1) is 0 Å². The smallest absolute Gasteiger partial charge is 0.298 e. The molecule has 0 spiro atoms. The number of carbonyl (C=O) groups excluding carboxylic acids is 1. The van der Waals surface area contributed by atoms with Gasteiger partial charge in [0.05, 0.1) is 5.69 Å². The Hall–Kier alpha value is 0.410. The van der Waals surface area contributed by atoms with Crippen molar-refractivity contribution < 1.29 is 4.79 Å². The van der Waals surface area contributed by atoms with Gasteiger partial charge >= 0.3 is 4.82 Å². The summed E-state index contributed by atoms with van der Waals surface area (Å²) >= 11 is 13.0.